The second-order valence-electron chi connectivity index (χ2n) is 9.68. The molecular weight excluding hydrogens is 405 g/mol. The highest BCUT2D eigenvalue weighted by Crippen LogP contribution is 2.40. The molecule has 1 atom stereocenters. The Kier molecular flexibility index (Phi) is 5.91. The van der Waals surface area contributed by atoms with Crippen LogP contribution in [0.15, 0.2) is 24.3 Å². The first-order valence-electron chi connectivity index (χ1n) is 10.9. The maximum Gasteiger partial charge on any atom is 0.416 e. The summed E-state index contributed by atoms with van der Waals surface area (Å²) in [7, 11) is 0. The number of nitrogens with zero attached hydrogens (tertiary/aromatic N) is 3. The Hall–Kier alpha value is -1.90. The maximum atomic E-state index is 13.4. The van der Waals surface area contributed by atoms with Crippen LogP contribution in [-0.2, 0) is 19.1 Å². The summed E-state index contributed by atoms with van der Waals surface area (Å²) in [5, 5.41) is 18.5. The molecule has 5 nitrogen and oxygen atoms in total. The van der Waals surface area contributed by atoms with Crippen molar-refractivity contribution in [3.63, 3.8) is 0 Å². The number of aliphatic hydroxyl groups excluding tert-OH is 1. The van der Waals surface area contributed by atoms with Crippen molar-refractivity contribution in [1.82, 2.24) is 20.0 Å². The molecule has 2 aliphatic heterocycles. The number of aromatic nitrogens is 2. The first-order valence-corrected chi connectivity index (χ1v) is 10.9. The van der Waals surface area contributed by atoms with Crippen molar-refractivity contribution in [3.8, 4) is 0 Å². The van der Waals surface area contributed by atoms with Gasteiger partial charge in [0.15, 0.2) is 6.23 Å². The van der Waals surface area contributed by atoms with E-state index in [0.29, 0.717) is 37.2 Å². The number of alkyl halides is 3. The van der Waals surface area contributed by atoms with E-state index in [-0.39, 0.29) is 11.5 Å². The third-order valence-corrected chi connectivity index (χ3v) is 6.74. The van der Waals surface area contributed by atoms with Gasteiger partial charge in [-0.25, -0.2) is 0 Å². The number of H-pyrrole nitrogens is 1. The number of rotatable bonds is 3. The van der Waals surface area contributed by atoms with Crippen LogP contribution in [0.1, 0.15) is 73.8 Å². The number of halogens is 3. The van der Waals surface area contributed by atoms with Gasteiger partial charge in [-0.15, -0.1) is 0 Å². The number of aromatic amines is 1. The monoisotopic (exact) mass is 436 g/mol. The predicted octanol–water partition coefficient (Wildman–Crippen LogP) is 4.46. The third-order valence-electron chi connectivity index (χ3n) is 6.74. The summed E-state index contributed by atoms with van der Waals surface area (Å²) in [6.07, 6.45) is -3.20. The molecule has 1 fully saturated rings. The number of hydrogen-bond donors (Lipinski definition) is 2. The van der Waals surface area contributed by atoms with Crippen LogP contribution in [0.4, 0.5) is 13.2 Å². The minimum absolute atomic E-state index is 0.0656. The molecule has 3 heterocycles. The van der Waals surface area contributed by atoms with Crippen LogP contribution < -0.4 is 0 Å². The average molecular weight is 437 g/mol. The van der Waals surface area contributed by atoms with Crippen molar-refractivity contribution in [2.24, 2.45) is 0 Å². The van der Waals surface area contributed by atoms with E-state index >= 15 is 0 Å². The van der Waals surface area contributed by atoms with Gasteiger partial charge in [0.05, 0.1) is 11.3 Å². The van der Waals surface area contributed by atoms with Crippen molar-refractivity contribution in [2.75, 3.05) is 19.6 Å². The summed E-state index contributed by atoms with van der Waals surface area (Å²) in [6.45, 7) is 9.31. The Morgan fingerprint density at radius 3 is 2.42 bits per heavy atom. The molecule has 0 spiro atoms. The van der Waals surface area contributed by atoms with Gasteiger partial charge in [0.25, 0.3) is 0 Å². The Morgan fingerprint density at radius 1 is 1.10 bits per heavy atom. The van der Waals surface area contributed by atoms with Crippen molar-refractivity contribution in [2.45, 2.75) is 70.4 Å². The lowest BCUT2D eigenvalue weighted by Gasteiger charge is -2.38. The van der Waals surface area contributed by atoms with Gasteiger partial charge in [-0.05, 0) is 57.6 Å². The van der Waals surface area contributed by atoms with Crippen LogP contribution >= 0.6 is 0 Å². The Morgan fingerprint density at radius 2 is 1.77 bits per heavy atom. The number of likely N-dealkylation sites (tertiary alicyclic amines) is 1. The van der Waals surface area contributed by atoms with Crippen LogP contribution in [0.3, 0.4) is 0 Å². The van der Waals surface area contributed by atoms with E-state index in [2.05, 4.69) is 35.9 Å². The second kappa shape index (κ2) is 8.22. The molecule has 4 rings (SSSR count). The number of nitrogens with one attached hydrogen (secondary N) is 1. The van der Waals surface area contributed by atoms with Gasteiger partial charge in [0.1, 0.15) is 5.69 Å². The van der Waals surface area contributed by atoms with Crippen LogP contribution in [-0.4, -0.2) is 50.3 Å². The summed E-state index contributed by atoms with van der Waals surface area (Å²) in [5.74, 6) is -0.158. The normalized spacial score (nSPS) is 20.6. The smallest absolute Gasteiger partial charge is 0.372 e. The number of benzene rings is 1. The van der Waals surface area contributed by atoms with Crippen LogP contribution in [0.25, 0.3) is 0 Å². The summed E-state index contributed by atoms with van der Waals surface area (Å²) in [5.41, 5.74) is 2.68. The van der Waals surface area contributed by atoms with E-state index in [9.17, 15) is 18.3 Å². The maximum absolute atomic E-state index is 13.4. The second-order valence-corrected chi connectivity index (χ2v) is 9.68. The van der Waals surface area contributed by atoms with E-state index in [1.165, 1.54) is 6.07 Å². The van der Waals surface area contributed by atoms with E-state index < -0.39 is 18.0 Å². The lowest BCUT2D eigenvalue weighted by Crippen LogP contribution is -2.44. The molecule has 170 valence electrons. The number of fused-ring (bicyclic) bond motifs is 1. The van der Waals surface area contributed by atoms with Crippen molar-refractivity contribution in [3.05, 3.63) is 52.3 Å². The van der Waals surface area contributed by atoms with Gasteiger partial charge in [0, 0.05) is 37.3 Å². The van der Waals surface area contributed by atoms with Gasteiger partial charge in [-0.1, -0.05) is 18.2 Å². The van der Waals surface area contributed by atoms with Gasteiger partial charge >= 0.3 is 6.18 Å². The van der Waals surface area contributed by atoms with E-state index in [1.807, 2.05) is 4.90 Å². The number of piperidine rings is 1. The van der Waals surface area contributed by atoms with Gasteiger partial charge < -0.3 is 5.11 Å². The number of aliphatic hydroxyl groups is 1. The molecule has 8 heteroatoms. The summed E-state index contributed by atoms with van der Waals surface area (Å²) in [4.78, 5) is 4.31. The standard InChI is InChI=1S/C23H31F3N4O/c1-22(2,3)30-13-10-17-19(14-30)27-28-20(17)21(31)29-11-8-15(9-12-29)16-6-4-5-7-18(16)23(24,25)26/h4-7,15,21,31H,8-14H2,1-3H3,(H,27,28). The van der Waals surface area contributed by atoms with Gasteiger partial charge in [-0.3, -0.25) is 14.9 Å². The molecule has 1 unspecified atom stereocenters. The van der Waals surface area contributed by atoms with Gasteiger partial charge in [-0.2, -0.15) is 18.3 Å². The molecular formula is C23H31F3N4O. The Bertz CT molecular complexity index is 910. The molecule has 2 aromatic rings. The zero-order valence-corrected chi connectivity index (χ0v) is 18.3. The zero-order chi connectivity index (χ0) is 22.4. The summed E-state index contributed by atoms with van der Waals surface area (Å²) < 4.78 is 40.2. The predicted molar refractivity (Wildman–Crippen MR) is 112 cm³/mol. The van der Waals surface area contributed by atoms with Crippen LogP contribution in [0.5, 0.6) is 0 Å². The average Bonchev–Trinajstić information content (AvgIpc) is 3.15. The topological polar surface area (TPSA) is 55.4 Å². The fraction of sp³-hybridized carbons (Fsp3) is 0.609. The quantitative estimate of drug-likeness (QED) is 0.746. The lowest BCUT2D eigenvalue weighted by molar-refractivity contribution is -0.138. The lowest BCUT2D eigenvalue weighted by atomic mass is 9.86. The first-order chi connectivity index (χ1) is 14.6. The van der Waals surface area contributed by atoms with E-state index in [0.717, 1.165) is 36.8 Å². The SMILES string of the molecule is CC(C)(C)N1CCc2c(C(O)N3CCC(c4ccccc4C(F)(F)F)CC3)n[nH]c2C1. The fourth-order valence-electron chi connectivity index (χ4n) is 4.87. The Balaban J connectivity index is 1.44. The molecule has 0 saturated carbocycles. The molecule has 1 saturated heterocycles. The molecule has 2 aliphatic rings. The summed E-state index contributed by atoms with van der Waals surface area (Å²) in [6, 6.07) is 5.85. The molecule has 0 aliphatic carbocycles. The molecule has 0 bridgehead atoms. The minimum Gasteiger partial charge on any atom is -0.372 e. The molecule has 0 radical (unpaired) electrons. The molecule has 1 aromatic heterocycles. The molecule has 0 amide bonds. The molecule has 31 heavy (non-hydrogen) atoms. The van der Waals surface area contributed by atoms with Crippen molar-refractivity contribution >= 4 is 0 Å². The highest BCUT2D eigenvalue weighted by atomic mass is 19.4. The fourth-order valence-corrected chi connectivity index (χ4v) is 4.87. The first kappa shape index (κ1) is 22.3. The van der Waals surface area contributed by atoms with E-state index in [4.69, 9.17) is 0 Å². The largest absolute Gasteiger partial charge is 0.416 e. The summed E-state index contributed by atoms with van der Waals surface area (Å²) >= 11 is 0. The van der Waals surface area contributed by atoms with Crippen molar-refractivity contribution in [1.29, 1.82) is 0 Å². The highest BCUT2D eigenvalue weighted by Gasteiger charge is 2.37. The Labute approximate surface area is 181 Å². The number of hydrogen-bond acceptors (Lipinski definition) is 4. The highest BCUT2D eigenvalue weighted by molar-refractivity contribution is 5.33. The van der Waals surface area contributed by atoms with Crippen LogP contribution in [0, 0.1) is 0 Å². The minimum atomic E-state index is -4.34. The third kappa shape index (κ3) is 4.52. The van der Waals surface area contributed by atoms with Crippen molar-refractivity contribution < 1.29 is 18.3 Å². The van der Waals surface area contributed by atoms with Gasteiger partial charge in [0.2, 0.25) is 0 Å². The van der Waals surface area contributed by atoms with Crippen LogP contribution in [0.2, 0.25) is 0 Å². The molecule has 1 aromatic carbocycles. The zero-order valence-electron chi connectivity index (χ0n) is 18.3. The molecule has 2 N–H and O–H groups in total. The van der Waals surface area contributed by atoms with E-state index in [1.54, 1.807) is 12.1 Å².